The van der Waals surface area contributed by atoms with Gasteiger partial charge < -0.3 is 16.4 Å². The number of nitrogens with zero attached hydrogens (tertiary/aromatic N) is 6. The molecule has 4 N–H and O–H groups in total. The van der Waals surface area contributed by atoms with Gasteiger partial charge in [0.2, 0.25) is 0 Å². The highest BCUT2D eigenvalue weighted by atomic mass is 15.3. The fourth-order valence-electron chi connectivity index (χ4n) is 4.59. The molecule has 1 aliphatic rings. The van der Waals surface area contributed by atoms with Gasteiger partial charge in [-0.05, 0) is 61.5 Å². The molecule has 3 heterocycles. The van der Waals surface area contributed by atoms with E-state index in [2.05, 4.69) is 51.8 Å². The molecule has 4 aromatic rings. The van der Waals surface area contributed by atoms with Crippen LogP contribution < -0.4 is 11.5 Å². The van der Waals surface area contributed by atoms with Crippen LogP contribution in [0.1, 0.15) is 22.3 Å². The maximum atomic E-state index is 6.29. The maximum absolute atomic E-state index is 6.29. The quantitative estimate of drug-likeness (QED) is 0.446. The molecule has 168 valence electrons. The summed E-state index contributed by atoms with van der Waals surface area (Å²) >= 11 is 0. The minimum Gasteiger partial charge on any atom is -0.383 e. The number of aliphatic imine (C=N–C) groups is 1. The number of rotatable bonds is 6. The summed E-state index contributed by atoms with van der Waals surface area (Å²) in [5.74, 6) is 0.411. The zero-order valence-corrected chi connectivity index (χ0v) is 18.8. The second-order valence-corrected chi connectivity index (χ2v) is 8.59. The van der Waals surface area contributed by atoms with Crippen molar-refractivity contribution in [2.24, 2.45) is 10.7 Å². The number of anilines is 1. The Morgan fingerprint density at radius 3 is 2.82 bits per heavy atom. The minimum absolute atomic E-state index is 0.411. The Morgan fingerprint density at radius 2 is 2.00 bits per heavy atom. The fourth-order valence-corrected chi connectivity index (χ4v) is 4.59. The number of nitrogen functional groups attached to an aromatic ring is 1. The lowest BCUT2D eigenvalue weighted by molar-refractivity contribution is 0.313. The summed E-state index contributed by atoms with van der Waals surface area (Å²) in [6.45, 7) is 6.95. The lowest BCUT2D eigenvalue weighted by Crippen LogP contribution is -2.26. The highest BCUT2D eigenvalue weighted by molar-refractivity contribution is 5.98. The largest absolute Gasteiger partial charge is 0.383 e. The molecule has 0 atom stereocenters. The van der Waals surface area contributed by atoms with Crippen LogP contribution in [0.5, 0.6) is 0 Å². The van der Waals surface area contributed by atoms with Crippen LogP contribution >= 0.6 is 0 Å². The number of nitrogens with two attached hydrogens (primary N) is 2. The molecular weight excluding hydrogens is 412 g/mol. The van der Waals surface area contributed by atoms with Crippen LogP contribution in [0.25, 0.3) is 22.3 Å². The zero-order chi connectivity index (χ0) is 22.9. The average molecular weight is 441 g/mol. The molecule has 0 radical (unpaired) electrons. The summed E-state index contributed by atoms with van der Waals surface area (Å²) in [7, 11) is 2.16. The molecule has 0 bridgehead atoms. The zero-order valence-electron chi connectivity index (χ0n) is 18.8. The van der Waals surface area contributed by atoms with Gasteiger partial charge in [-0.25, -0.2) is 14.6 Å². The van der Waals surface area contributed by atoms with Gasteiger partial charge in [0.05, 0.1) is 17.6 Å². The molecule has 0 saturated carbocycles. The molecule has 0 fully saturated rings. The van der Waals surface area contributed by atoms with Crippen LogP contribution in [0.4, 0.5) is 11.5 Å². The highest BCUT2D eigenvalue weighted by Gasteiger charge is 2.19. The first-order valence-electron chi connectivity index (χ1n) is 11.1. The van der Waals surface area contributed by atoms with Crippen LogP contribution in [0.3, 0.4) is 0 Å². The topological polar surface area (TPSA) is 111 Å². The number of fused-ring (bicyclic) bond motifs is 2. The van der Waals surface area contributed by atoms with Gasteiger partial charge in [0.15, 0.2) is 5.65 Å². The Morgan fingerprint density at radius 1 is 1.12 bits per heavy atom. The number of benzene rings is 2. The first kappa shape index (κ1) is 21.2. The molecule has 5 rings (SSSR count). The van der Waals surface area contributed by atoms with Gasteiger partial charge in [0.25, 0.3) is 0 Å². The lowest BCUT2D eigenvalue weighted by Gasteiger charge is -2.25. The Balaban J connectivity index is 1.57. The first-order valence-corrected chi connectivity index (χ1v) is 11.1. The van der Waals surface area contributed by atoms with Gasteiger partial charge in [-0.3, -0.25) is 4.99 Å². The van der Waals surface area contributed by atoms with Crippen molar-refractivity contribution >= 4 is 29.3 Å². The van der Waals surface area contributed by atoms with Gasteiger partial charge in [0.1, 0.15) is 17.8 Å². The van der Waals surface area contributed by atoms with E-state index in [9.17, 15) is 0 Å². The molecule has 0 amide bonds. The highest BCUT2D eigenvalue weighted by Crippen LogP contribution is 2.34. The summed E-state index contributed by atoms with van der Waals surface area (Å²) in [6, 6.07) is 12.7. The van der Waals surface area contributed by atoms with Gasteiger partial charge in [0, 0.05) is 18.7 Å². The third kappa shape index (κ3) is 3.99. The van der Waals surface area contributed by atoms with E-state index < -0.39 is 0 Å². The average Bonchev–Trinajstić information content (AvgIpc) is 3.19. The van der Waals surface area contributed by atoms with Gasteiger partial charge in [-0.15, -0.1) is 0 Å². The van der Waals surface area contributed by atoms with Crippen LogP contribution in [-0.4, -0.2) is 51.5 Å². The van der Waals surface area contributed by atoms with E-state index in [1.54, 1.807) is 0 Å². The van der Waals surface area contributed by atoms with Gasteiger partial charge in [-0.2, -0.15) is 5.10 Å². The van der Waals surface area contributed by atoms with E-state index >= 15 is 0 Å². The van der Waals surface area contributed by atoms with Crippen LogP contribution in [-0.2, 0) is 25.9 Å². The van der Waals surface area contributed by atoms with Crippen molar-refractivity contribution in [3.63, 3.8) is 0 Å². The van der Waals surface area contributed by atoms with E-state index in [0.717, 1.165) is 53.8 Å². The third-order valence-corrected chi connectivity index (χ3v) is 6.31. The Labute approximate surface area is 193 Å². The van der Waals surface area contributed by atoms with Crippen molar-refractivity contribution in [1.29, 1.82) is 0 Å². The standard InChI is InChI=1S/C25H28N8/c1-28-21-12-19(6-5-17(21)7-9-26)23-22-24(27)29-15-30-25(22)33(31-23)13-16-3-4-20-14-32(2)10-8-18(20)11-16/h3-6,11-12,15H,1,7-10,13-14,26H2,2H3,(H2,27,29,30). The summed E-state index contributed by atoms with van der Waals surface area (Å²) in [4.78, 5) is 15.3. The first-order chi connectivity index (χ1) is 16.1. The molecule has 8 heteroatoms. The normalized spacial score (nSPS) is 13.9. The summed E-state index contributed by atoms with van der Waals surface area (Å²) in [6.07, 6.45) is 3.29. The minimum atomic E-state index is 0.411. The number of likely N-dealkylation sites (N-methyl/N-ethyl adjacent to an activating group) is 1. The number of hydrogen-bond acceptors (Lipinski definition) is 7. The summed E-state index contributed by atoms with van der Waals surface area (Å²) in [5.41, 5.74) is 20.3. The van der Waals surface area contributed by atoms with E-state index in [4.69, 9.17) is 16.6 Å². The van der Waals surface area contributed by atoms with E-state index in [0.29, 0.717) is 24.6 Å². The Kier molecular flexibility index (Phi) is 5.62. The number of aromatic nitrogens is 4. The SMILES string of the molecule is C=Nc1cc(-c2nn(Cc3ccc4c(c3)CCN(C)C4)c3ncnc(N)c23)ccc1CCN. The molecule has 0 aliphatic carbocycles. The lowest BCUT2D eigenvalue weighted by atomic mass is 9.97. The molecule has 2 aromatic carbocycles. The van der Waals surface area contributed by atoms with Crippen LogP contribution in [0.15, 0.2) is 47.7 Å². The van der Waals surface area contributed by atoms with Crippen LogP contribution in [0, 0.1) is 0 Å². The van der Waals surface area contributed by atoms with Gasteiger partial charge >= 0.3 is 0 Å². The van der Waals surface area contributed by atoms with E-state index in [-0.39, 0.29) is 0 Å². The van der Waals surface area contributed by atoms with Crippen LogP contribution in [0.2, 0.25) is 0 Å². The predicted molar refractivity (Wildman–Crippen MR) is 133 cm³/mol. The smallest absolute Gasteiger partial charge is 0.164 e. The van der Waals surface area contributed by atoms with Crippen molar-refractivity contribution in [3.8, 4) is 11.3 Å². The molecule has 8 nitrogen and oxygen atoms in total. The van der Waals surface area contributed by atoms with Crippen molar-refractivity contribution in [2.75, 3.05) is 25.9 Å². The van der Waals surface area contributed by atoms with Gasteiger partial charge in [-0.1, -0.05) is 30.3 Å². The van der Waals surface area contributed by atoms with Crippen molar-refractivity contribution in [3.05, 3.63) is 65.0 Å². The summed E-state index contributed by atoms with van der Waals surface area (Å²) in [5, 5.41) is 5.68. The molecular formula is C25H28N8. The summed E-state index contributed by atoms with van der Waals surface area (Å²) < 4.78 is 1.91. The third-order valence-electron chi connectivity index (χ3n) is 6.31. The Bertz CT molecular complexity index is 1340. The monoisotopic (exact) mass is 440 g/mol. The second kappa shape index (κ2) is 8.73. The van der Waals surface area contributed by atoms with Crippen molar-refractivity contribution in [1.82, 2.24) is 24.6 Å². The molecule has 1 aliphatic heterocycles. The van der Waals surface area contributed by atoms with E-state index in [1.807, 2.05) is 22.9 Å². The predicted octanol–water partition coefficient (Wildman–Crippen LogP) is 2.95. The second-order valence-electron chi connectivity index (χ2n) is 8.59. The van der Waals surface area contributed by atoms with E-state index in [1.165, 1.54) is 23.0 Å². The molecule has 2 aromatic heterocycles. The fraction of sp³-hybridized carbons (Fsp3) is 0.280. The number of hydrogen-bond donors (Lipinski definition) is 2. The molecule has 0 unspecified atom stereocenters. The molecule has 0 saturated heterocycles. The molecule has 33 heavy (non-hydrogen) atoms. The maximum Gasteiger partial charge on any atom is 0.164 e. The molecule has 0 spiro atoms. The van der Waals surface area contributed by atoms with Crippen molar-refractivity contribution in [2.45, 2.75) is 25.9 Å². The Hall–Kier alpha value is -3.62. The van der Waals surface area contributed by atoms with Crippen molar-refractivity contribution < 1.29 is 0 Å².